The van der Waals surface area contributed by atoms with Crippen molar-refractivity contribution in [2.75, 3.05) is 18.9 Å². The molecule has 176 valence electrons. The van der Waals surface area contributed by atoms with Gasteiger partial charge in [0.05, 0.1) is 19.9 Å². The maximum Gasteiger partial charge on any atom is 0.265 e. The lowest BCUT2D eigenvalue weighted by Gasteiger charge is -2.14. The van der Waals surface area contributed by atoms with Crippen LogP contribution in [0.1, 0.15) is 0 Å². The van der Waals surface area contributed by atoms with Crippen LogP contribution in [0.15, 0.2) is 65.7 Å². The highest BCUT2D eigenvalue weighted by atomic mass is 32.2. The number of methoxy groups -OCH3 is 2. The highest BCUT2D eigenvalue weighted by molar-refractivity contribution is 7.92. The van der Waals surface area contributed by atoms with Crippen molar-refractivity contribution in [3.8, 4) is 23.0 Å². The number of ether oxygens (including phenoxy) is 3. The first-order valence-corrected chi connectivity index (χ1v) is 11.2. The van der Waals surface area contributed by atoms with Crippen molar-refractivity contribution in [1.82, 2.24) is 4.98 Å². The Bertz CT molecular complexity index is 1500. The number of fused-ring (bicyclic) bond motifs is 1. The Morgan fingerprint density at radius 1 is 0.853 bits per heavy atom. The van der Waals surface area contributed by atoms with Gasteiger partial charge in [-0.3, -0.25) is 9.71 Å². The number of aromatic nitrogens is 1. The SMILES string of the molecule is COc1ccc2c(Oc3ccc(NS(=O)(=O)c4cc(F)ccc4F)c(F)c3)ccnc2c1OC. The molecule has 3 aromatic carbocycles. The normalized spacial score (nSPS) is 11.3. The zero-order valence-electron chi connectivity index (χ0n) is 17.8. The maximum absolute atomic E-state index is 14.7. The minimum absolute atomic E-state index is 0.0552. The maximum atomic E-state index is 14.7. The second kappa shape index (κ2) is 9.10. The fourth-order valence-electron chi connectivity index (χ4n) is 3.25. The molecular weight excluding hydrogens is 473 g/mol. The molecule has 1 N–H and O–H groups in total. The summed E-state index contributed by atoms with van der Waals surface area (Å²) in [6.07, 6.45) is 1.48. The van der Waals surface area contributed by atoms with Crippen LogP contribution >= 0.6 is 0 Å². The zero-order valence-corrected chi connectivity index (χ0v) is 18.6. The summed E-state index contributed by atoms with van der Waals surface area (Å²) in [6.45, 7) is 0. The fraction of sp³-hybridized carbons (Fsp3) is 0.0870. The van der Waals surface area contributed by atoms with Gasteiger partial charge in [-0.25, -0.2) is 21.6 Å². The number of anilines is 1. The largest absolute Gasteiger partial charge is 0.493 e. The summed E-state index contributed by atoms with van der Waals surface area (Å²) in [7, 11) is -1.62. The zero-order chi connectivity index (χ0) is 24.5. The van der Waals surface area contributed by atoms with Crippen molar-refractivity contribution >= 4 is 26.6 Å². The van der Waals surface area contributed by atoms with Gasteiger partial charge in [-0.1, -0.05) is 0 Å². The lowest BCUT2D eigenvalue weighted by atomic mass is 10.1. The average molecular weight is 490 g/mol. The van der Waals surface area contributed by atoms with Gasteiger partial charge in [-0.2, -0.15) is 0 Å². The molecule has 0 radical (unpaired) electrons. The van der Waals surface area contributed by atoms with E-state index in [9.17, 15) is 21.6 Å². The molecule has 4 aromatic rings. The van der Waals surface area contributed by atoms with E-state index in [0.717, 1.165) is 18.2 Å². The molecule has 11 heteroatoms. The smallest absolute Gasteiger partial charge is 0.265 e. The minimum atomic E-state index is -4.58. The predicted octanol–water partition coefficient (Wildman–Crippen LogP) is 5.26. The van der Waals surface area contributed by atoms with Crippen LogP contribution in [0.2, 0.25) is 0 Å². The number of hydrogen-bond donors (Lipinski definition) is 1. The lowest BCUT2D eigenvalue weighted by molar-refractivity contribution is 0.358. The van der Waals surface area contributed by atoms with E-state index in [1.807, 2.05) is 4.72 Å². The number of hydrogen-bond acceptors (Lipinski definition) is 6. The molecule has 0 aliphatic carbocycles. The van der Waals surface area contributed by atoms with Crippen LogP contribution in [0.3, 0.4) is 0 Å². The van der Waals surface area contributed by atoms with E-state index in [-0.39, 0.29) is 5.75 Å². The third-order valence-electron chi connectivity index (χ3n) is 4.81. The molecule has 1 aromatic heterocycles. The van der Waals surface area contributed by atoms with Gasteiger partial charge in [0.25, 0.3) is 10.0 Å². The second-order valence-corrected chi connectivity index (χ2v) is 8.58. The summed E-state index contributed by atoms with van der Waals surface area (Å²) in [5.74, 6) is -1.87. The van der Waals surface area contributed by atoms with Crippen LogP contribution in [-0.2, 0) is 10.0 Å². The van der Waals surface area contributed by atoms with Crippen LogP contribution in [0.5, 0.6) is 23.0 Å². The van der Waals surface area contributed by atoms with Gasteiger partial charge in [0, 0.05) is 17.6 Å². The first-order valence-electron chi connectivity index (χ1n) is 9.68. The monoisotopic (exact) mass is 490 g/mol. The number of sulfonamides is 1. The summed E-state index contributed by atoms with van der Waals surface area (Å²) in [5.41, 5.74) is -0.0108. The quantitative estimate of drug-likeness (QED) is 0.380. The Labute approximate surface area is 192 Å². The summed E-state index contributed by atoms with van der Waals surface area (Å²) in [6, 6.07) is 10.2. The van der Waals surface area contributed by atoms with Crippen molar-refractivity contribution in [2.24, 2.45) is 0 Å². The molecule has 0 atom stereocenters. The Morgan fingerprint density at radius 2 is 1.65 bits per heavy atom. The summed E-state index contributed by atoms with van der Waals surface area (Å²) in [4.78, 5) is 3.34. The number of nitrogens with one attached hydrogen (secondary N) is 1. The van der Waals surface area contributed by atoms with Crippen molar-refractivity contribution in [3.63, 3.8) is 0 Å². The van der Waals surface area contributed by atoms with E-state index in [2.05, 4.69) is 4.98 Å². The standard InChI is InChI=1S/C23H17F3N2O5S/c1-31-20-8-5-15-19(9-10-27-22(15)23(20)32-2)33-14-4-7-18(17(26)12-14)28-34(29,30)21-11-13(24)3-6-16(21)25/h3-12,28H,1-2H3. The van der Waals surface area contributed by atoms with Gasteiger partial charge < -0.3 is 14.2 Å². The van der Waals surface area contributed by atoms with Crippen molar-refractivity contribution < 1.29 is 35.8 Å². The second-order valence-electron chi connectivity index (χ2n) is 6.93. The van der Waals surface area contributed by atoms with Gasteiger partial charge in [0.2, 0.25) is 0 Å². The van der Waals surface area contributed by atoms with Gasteiger partial charge in [0.1, 0.15) is 33.5 Å². The molecule has 0 bridgehead atoms. The summed E-state index contributed by atoms with van der Waals surface area (Å²) >= 11 is 0. The third-order valence-corrected chi connectivity index (χ3v) is 6.19. The molecule has 1 heterocycles. The topological polar surface area (TPSA) is 86.8 Å². The number of pyridine rings is 1. The molecule has 0 unspecified atom stereocenters. The van der Waals surface area contributed by atoms with Crippen LogP contribution in [0, 0.1) is 17.5 Å². The van der Waals surface area contributed by atoms with Crippen molar-refractivity contribution in [3.05, 3.63) is 78.2 Å². The van der Waals surface area contributed by atoms with Gasteiger partial charge in [-0.05, 0) is 48.5 Å². The van der Waals surface area contributed by atoms with E-state index in [1.54, 1.807) is 18.2 Å². The van der Waals surface area contributed by atoms with Crippen LogP contribution in [-0.4, -0.2) is 27.6 Å². The van der Waals surface area contributed by atoms with E-state index in [0.29, 0.717) is 40.3 Å². The number of benzene rings is 3. The molecule has 0 saturated heterocycles. The van der Waals surface area contributed by atoms with E-state index in [1.165, 1.54) is 26.5 Å². The molecule has 0 aliphatic heterocycles. The molecular formula is C23H17F3N2O5S. The van der Waals surface area contributed by atoms with E-state index >= 15 is 0 Å². The first kappa shape index (κ1) is 23.2. The predicted molar refractivity (Wildman–Crippen MR) is 118 cm³/mol. The fourth-order valence-corrected chi connectivity index (χ4v) is 4.41. The molecule has 0 spiro atoms. The van der Waals surface area contributed by atoms with Crippen LogP contribution < -0.4 is 18.9 Å². The van der Waals surface area contributed by atoms with Crippen LogP contribution in [0.4, 0.5) is 18.9 Å². The minimum Gasteiger partial charge on any atom is -0.493 e. The number of nitrogens with zero attached hydrogens (tertiary/aromatic N) is 1. The third kappa shape index (κ3) is 4.42. The Kier molecular flexibility index (Phi) is 6.20. The van der Waals surface area contributed by atoms with Gasteiger partial charge in [0.15, 0.2) is 17.3 Å². The molecule has 4 rings (SSSR count). The molecule has 34 heavy (non-hydrogen) atoms. The highest BCUT2D eigenvalue weighted by Gasteiger charge is 2.22. The van der Waals surface area contributed by atoms with Gasteiger partial charge >= 0.3 is 0 Å². The number of rotatable bonds is 7. The summed E-state index contributed by atoms with van der Waals surface area (Å²) in [5, 5.41) is 0.562. The Balaban J connectivity index is 1.63. The lowest BCUT2D eigenvalue weighted by Crippen LogP contribution is -2.15. The molecule has 7 nitrogen and oxygen atoms in total. The van der Waals surface area contributed by atoms with Crippen LogP contribution in [0.25, 0.3) is 10.9 Å². The molecule has 0 aliphatic rings. The van der Waals surface area contributed by atoms with E-state index in [4.69, 9.17) is 14.2 Å². The van der Waals surface area contributed by atoms with Gasteiger partial charge in [-0.15, -0.1) is 0 Å². The summed E-state index contributed by atoms with van der Waals surface area (Å²) < 4.78 is 85.1. The Hall–Kier alpha value is -3.99. The molecule has 0 amide bonds. The molecule has 0 fully saturated rings. The number of halogens is 3. The van der Waals surface area contributed by atoms with Crippen molar-refractivity contribution in [1.29, 1.82) is 0 Å². The van der Waals surface area contributed by atoms with Crippen molar-refractivity contribution in [2.45, 2.75) is 4.90 Å². The molecule has 0 saturated carbocycles. The average Bonchev–Trinajstić information content (AvgIpc) is 2.81. The highest BCUT2D eigenvalue weighted by Crippen LogP contribution is 2.39. The first-order chi connectivity index (χ1) is 16.2. The Morgan fingerprint density at radius 3 is 2.35 bits per heavy atom. The van der Waals surface area contributed by atoms with E-state index < -0.39 is 38.1 Å².